The third-order valence-corrected chi connectivity index (χ3v) is 2.06. The first-order valence-corrected chi connectivity index (χ1v) is 3.58. The molecule has 1 aromatic heterocycles. The Morgan fingerprint density at radius 3 is 3.00 bits per heavy atom. The topological polar surface area (TPSA) is 30.0 Å². The van der Waals surface area contributed by atoms with Gasteiger partial charge in [-0.15, -0.1) is 11.3 Å². The van der Waals surface area contributed by atoms with Gasteiger partial charge in [0.1, 0.15) is 0 Å². The maximum absolute atomic E-state index is 10.1. The van der Waals surface area contributed by atoms with Gasteiger partial charge in [0.2, 0.25) is 0 Å². The molecule has 0 saturated heterocycles. The van der Waals surface area contributed by atoms with Gasteiger partial charge in [0.15, 0.2) is 13.6 Å². The zero-order chi connectivity index (χ0) is 6.69. The molecule has 0 atom stereocenters. The molecule has 0 radical (unpaired) electrons. The number of hydrogen-bond acceptors (Lipinski definition) is 3. The fourth-order valence-corrected chi connectivity index (χ4v) is 1.22. The molecule has 0 N–H and O–H groups in total. The molecule has 0 amide bonds. The second-order valence-corrected chi connectivity index (χ2v) is 2.77. The van der Waals surface area contributed by atoms with Crippen molar-refractivity contribution >= 4 is 29.8 Å². The molecule has 46 valence electrons. The Bertz CT molecular complexity index is 210. The van der Waals surface area contributed by atoms with Crippen molar-refractivity contribution in [2.75, 3.05) is 0 Å². The van der Waals surface area contributed by atoms with Gasteiger partial charge in [-0.3, -0.25) is 9.78 Å². The molecule has 1 aromatic rings. The zero-order valence-corrected chi connectivity index (χ0v) is 5.94. The molecule has 0 fully saturated rings. The van der Waals surface area contributed by atoms with Crippen molar-refractivity contribution in [3.05, 3.63) is 11.1 Å². The van der Waals surface area contributed by atoms with Gasteiger partial charge >= 0.3 is 0 Å². The Hall–Kier alpha value is -0.635. The molecule has 1 rings (SSSR count). The Labute approximate surface area is 58.2 Å². The van der Waals surface area contributed by atoms with E-state index < -0.39 is 0 Å². The normalized spacial score (nSPS) is 9.00. The lowest BCUT2D eigenvalue weighted by Gasteiger charge is -1.76. The Kier molecular flexibility index (Phi) is 2.00. The number of aromatic nitrogens is 1. The highest BCUT2D eigenvalue weighted by Gasteiger charge is 1.96. The van der Waals surface area contributed by atoms with Crippen LogP contribution >= 0.6 is 11.3 Å². The van der Waals surface area contributed by atoms with Crippen molar-refractivity contribution in [3.63, 3.8) is 0 Å². The average molecular weight is 139 g/mol. The lowest BCUT2D eigenvalue weighted by atomic mass is 9.84. The lowest BCUT2D eigenvalue weighted by molar-refractivity contribution is 0.112. The fourth-order valence-electron chi connectivity index (χ4n) is 0.542. The van der Waals surface area contributed by atoms with Crippen molar-refractivity contribution in [2.24, 2.45) is 0 Å². The van der Waals surface area contributed by atoms with Crippen LogP contribution in [0.2, 0.25) is 6.82 Å². The number of thiazole rings is 1. The van der Waals surface area contributed by atoms with Crippen LogP contribution in [0.1, 0.15) is 9.67 Å². The standard InChI is InChI=1S/C5H6BNOS/c1-6-5-7-2-4(3-8)9-5/h2-3,6H,1H3. The maximum Gasteiger partial charge on any atom is 0.192 e. The summed E-state index contributed by atoms with van der Waals surface area (Å²) in [5.41, 5.74) is 0. The van der Waals surface area contributed by atoms with Crippen molar-refractivity contribution in [1.29, 1.82) is 0 Å². The SMILES string of the molecule is CBc1ncc(C=O)s1. The van der Waals surface area contributed by atoms with Gasteiger partial charge in [-0.25, -0.2) is 0 Å². The predicted molar refractivity (Wildman–Crippen MR) is 40.1 cm³/mol. The van der Waals surface area contributed by atoms with E-state index in [9.17, 15) is 4.79 Å². The Balaban J connectivity index is 2.86. The van der Waals surface area contributed by atoms with E-state index in [1.807, 2.05) is 6.82 Å². The van der Waals surface area contributed by atoms with Gasteiger partial charge in [-0.05, 0) is 0 Å². The van der Waals surface area contributed by atoms with Crippen LogP contribution in [-0.4, -0.2) is 18.5 Å². The Morgan fingerprint density at radius 1 is 1.89 bits per heavy atom. The summed E-state index contributed by atoms with van der Waals surface area (Å²) in [6.45, 7) is 2.02. The smallest absolute Gasteiger partial charge is 0.192 e. The number of rotatable bonds is 2. The molecule has 0 bridgehead atoms. The summed E-state index contributed by atoms with van der Waals surface area (Å²) in [4.78, 5) is 15.8. The second-order valence-electron chi connectivity index (χ2n) is 1.63. The van der Waals surface area contributed by atoms with E-state index in [0.29, 0.717) is 4.88 Å². The van der Waals surface area contributed by atoms with Crippen molar-refractivity contribution < 1.29 is 4.79 Å². The minimum Gasteiger partial charge on any atom is -0.297 e. The van der Waals surface area contributed by atoms with E-state index in [2.05, 4.69) is 4.98 Å². The van der Waals surface area contributed by atoms with Gasteiger partial charge in [-0.1, -0.05) is 6.82 Å². The van der Waals surface area contributed by atoms with Gasteiger partial charge in [-0.2, -0.15) is 0 Å². The molecule has 0 unspecified atom stereocenters. The molecule has 0 spiro atoms. The summed E-state index contributed by atoms with van der Waals surface area (Å²) >= 11 is 1.45. The van der Waals surface area contributed by atoms with Crippen LogP contribution in [0.3, 0.4) is 0 Å². The third-order valence-electron chi connectivity index (χ3n) is 0.990. The Morgan fingerprint density at radius 2 is 2.67 bits per heavy atom. The largest absolute Gasteiger partial charge is 0.297 e. The molecule has 0 aromatic carbocycles. The highest BCUT2D eigenvalue weighted by molar-refractivity contribution is 7.22. The monoisotopic (exact) mass is 139 g/mol. The third kappa shape index (κ3) is 1.39. The van der Waals surface area contributed by atoms with Gasteiger partial charge < -0.3 is 0 Å². The van der Waals surface area contributed by atoms with Gasteiger partial charge in [0.25, 0.3) is 0 Å². The number of aldehydes is 1. The van der Waals surface area contributed by atoms with E-state index in [1.165, 1.54) is 11.3 Å². The van der Waals surface area contributed by atoms with Crippen LogP contribution in [0.5, 0.6) is 0 Å². The van der Waals surface area contributed by atoms with Gasteiger partial charge in [0.05, 0.1) is 4.88 Å². The van der Waals surface area contributed by atoms with Crippen LogP contribution in [-0.2, 0) is 0 Å². The quantitative estimate of drug-likeness (QED) is 0.428. The summed E-state index contributed by atoms with van der Waals surface area (Å²) in [6.07, 6.45) is 2.44. The van der Waals surface area contributed by atoms with E-state index in [-0.39, 0.29) is 0 Å². The first kappa shape index (κ1) is 6.48. The molecule has 9 heavy (non-hydrogen) atoms. The van der Waals surface area contributed by atoms with Crippen LogP contribution in [0, 0.1) is 0 Å². The maximum atomic E-state index is 10.1. The summed E-state index contributed by atoms with van der Waals surface area (Å²) < 4.78 is 0. The first-order chi connectivity index (χ1) is 4.36. The zero-order valence-electron chi connectivity index (χ0n) is 5.13. The van der Waals surface area contributed by atoms with Crippen LogP contribution in [0.25, 0.3) is 0 Å². The number of hydrogen-bond donors (Lipinski definition) is 0. The molecule has 0 aliphatic carbocycles. The lowest BCUT2D eigenvalue weighted by Crippen LogP contribution is -2.06. The summed E-state index contributed by atoms with van der Waals surface area (Å²) in [5.74, 6) is 0. The average Bonchev–Trinajstić information content (AvgIpc) is 2.34. The molecular weight excluding hydrogens is 133 g/mol. The summed E-state index contributed by atoms with van der Waals surface area (Å²) in [5, 5.41) is 0. The van der Waals surface area contributed by atoms with E-state index in [0.717, 1.165) is 18.5 Å². The fraction of sp³-hybridized carbons (Fsp3) is 0.200. The van der Waals surface area contributed by atoms with E-state index >= 15 is 0 Å². The predicted octanol–water partition coefficient (Wildman–Crippen LogP) is 0.0655. The highest BCUT2D eigenvalue weighted by atomic mass is 32.1. The molecule has 0 saturated carbocycles. The van der Waals surface area contributed by atoms with Crippen molar-refractivity contribution in [3.8, 4) is 0 Å². The first-order valence-electron chi connectivity index (χ1n) is 2.76. The number of nitrogens with zero attached hydrogens (tertiary/aromatic N) is 1. The molecular formula is C5H6BNOS. The molecule has 0 aliphatic rings. The summed E-state index contributed by atoms with van der Waals surface area (Å²) in [7, 11) is 0.915. The van der Waals surface area contributed by atoms with Crippen LogP contribution in [0.4, 0.5) is 0 Å². The minimum absolute atomic E-state index is 0.715. The van der Waals surface area contributed by atoms with E-state index in [4.69, 9.17) is 0 Å². The molecule has 0 aliphatic heterocycles. The number of carbonyl (C=O) groups is 1. The van der Waals surface area contributed by atoms with Crippen LogP contribution < -0.4 is 4.91 Å². The minimum atomic E-state index is 0.715. The van der Waals surface area contributed by atoms with E-state index in [1.54, 1.807) is 6.20 Å². The van der Waals surface area contributed by atoms with Crippen LogP contribution in [0.15, 0.2) is 6.20 Å². The molecule has 1 heterocycles. The second kappa shape index (κ2) is 2.78. The highest BCUT2D eigenvalue weighted by Crippen LogP contribution is 1.97. The van der Waals surface area contributed by atoms with Crippen molar-refractivity contribution in [1.82, 2.24) is 4.98 Å². The van der Waals surface area contributed by atoms with Gasteiger partial charge in [0, 0.05) is 11.1 Å². The summed E-state index contributed by atoms with van der Waals surface area (Å²) in [6, 6.07) is 0. The number of carbonyl (C=O) groups excluding carboxylic acids is 1. The molecule has 4 heteroatoms. The van der Waals surface area contributed by atoms with Crippen molar-refractivity contribution in [2.45, 2.75) is 6.82 Å². The molecule has 2 nitrogen and oxygen atoms in total.